The molecule has 4 nitrogen and oxygen atoms in total. The maximum Gasteiger partial charge on any atom is 0.253 e. The van der Waals surface area contributed by atoms with Crippen molar-refractivity contribution in [2.24, 2.45) is 5.41 Å². The van der Waals surface area contributed by atoms with Crippen LogP contribution in [0, 0.1) is 5.41 Å². The van der Waals surface area contributed by atoms with Crippen molar-refractivity contribution >= 4 is 5.91 Å². The number of benzene rings is 1. The summed E-state index contributed by atoms with van der Waals surface area (Å²) in [7, 11) is 1.82. The van der Waals surface area contributed by atoms with Crippen LogP contribution in [0.25, 0.3) is 0 Å². The van der Waals surface area contributed by atoms with Crippen LogP contribution in [0.2, 0.25) is 0 Å². The minimum absolute atomic E-state index is 0.167. The van der Waals surface area contributed by atoms with E-state index in [0.29, 0.717) is 6.10 Å². The van der Waals surface area contributed by atoms with Gasteiger partial charge in [0.2, 0.25) is 0 Å². The van der Waals surface area contributed by atoms with E-state index in [2.05, 4.69) is 4.90 Å². The zero-order chi connectivity index (χ0) is 15.9. The Bertz CT molecular complexity index is 615. The van der Waals surface area contributed by atoms with Crippen molar-refractivity contribution in [3.8, 4) is 5.75 Å². The van der Waals surface area contributed by atoms with E-state index >= 15 is 0 Å². The van der Waals surface area contributed by atoms with E-state index in [0.717, 1.165) is 50.3 Å². The summed E-state index contributed by atoms with van der Waals surface area (Å²) >= 11 is 0. The number of nitrogens with zero attached hydrogens (tertiary/aromatic N) is 1. The SMILES string of the molecule is CO[C@@H]1CCC[C@@]12CCCN(C(=O)c1ccc3c(c1)CCO3)C2. The van der Waals surface area contributed by atoms with Crippen molar-refractivity contribution in [2.75, 3.05) is 26.8 Å². The number of carbonyl (C=O) groups excluding carboxylic acids is 1. The summed E-state index contributed by atoms with van der Waals surface area (Å²) in [5.74, 6) is 1.10. The van der Waals surface area contributed by atoms with Gasteiger partial charge in [0, 0.05) is 37.6 Å². The minimum atomic E-state index is 0.167. The number of hydrogen-bond donors (Lipinski definition) is 0. The molecule has 2 aliphatic heterocycles. The molecule has 2 atom stereocenters. The summed E-state index contributed by atoms with van der Waals surface area (Å²) in [6.07, 6.45) is 7.03. The van der Waals surface area contributed by atoms with Crippen LogP contribution in [0.3, 0.4) is 0 Å². The van der Waals surface area contributed by atoms with Crippen LogP contribution in [0.5, 0.6) is 5.75 Å². The van der Waals surface area contributed by atoms with Gasteiger partial charge in [-0.25, -0.2) is 0 Å². The van der Waals surface area contributed by atoms with E-state index in [1.807, 2.05) is 25.3 Å². The maximum atomic E-state index is 13.0. The Morgan fingerprint density at radius 3 is 3.09 bits per heavy atom. The number of piperidine rings is 1. The molecule has 1 saturated carbocycles. The van der Waals surface area contributed by atoms with Gasteiger partial charge in [0.05, 0.1) is 12.7 Å². The minimum Gasteiger partial charge on any atom is -0.493 e. The molecule has 0 bridgehead atoms. The maximum absolute atomic E-state index is 13.0. The molecule has 23 heavy (non-hydrogen) atoms. The average molecular weight is 315 g/mol. The third kappa shape index (κ3) is 2.53. The summed E-state index contributed by atoms with van der Waals surface area (Å²) in [5.41, 5.74) is 2.15. The first-order valence-corrected chi connectivity index (χ1v) is 8.80. The fourth-order valence-electron chi connectivity index (χ4n) is 4.78. The van der Waals surface area contributed by atoms with Crippen molar-refractivity contribution in [1.29, 1.82) is 0 Å². The van der Waals surface area contributed by atoms with Crippen LogP contribution < -0.4 is 4.74 Å². The van der Waals surface area contributed by atoms with Gasteiger partial charge in [-0.15, -0.1) is 0 Å². The predicted octanol–water partition coefficient (Wildman–Crippen LogP) is 3.04. The van der Waals surface area contributed by atoms with Crippen LogP contribution >= 0.6 is 0 Å². The molecule has 1 aromatic carbocycles. The van der Waals surface area contributed by atoms with E-state index in [1.54, 1.807) is 0 Å². The molecule has 2 heterocycles. The Labute approximate surface area is 137 Å². The molecule has 0 unspecified atom stereocenters. The lowest BCUT2D eigenvalue weighted by atomic mass is 9.76. The second kappa shape index (κ2) is 5.82. The number of hydrogen-bond acceptors (Lipinski definition) is 3. The highest BCUT2D eigenvalue weighted by Crippen LogP contribution is 2.46. The van der Waals surface area contributed by atoms with Crippen LogP contribution in [0.1, 0.15) is 48.0 Å². The van der Waals surface area contributed by atoms with Crippen molar-refractivity contribution in [3.63, 3.8) is 0 Å². The van der Waals surface area contributed by atoms with Crippen molar-refractivity contribution in [3.05, 3.63) is 29.3 Å². The third-order valence-electron chi connectivity index (χ3n) is 5.94. The highest BCUT2D eigenvalue weighted by Gasteiger charge is 2.46. The molecule has 1 aromatic rings. The standard InChI is InChI=1S/C19H25NO3/c1-22-17-4-2-8-19(17)9-3-10-20(13-19)18(21)15-5-6-16-14(12-15)7-11-23-16/h5-6,12,17H,2-4,7-11,13H2,1H3/t17-,19+/m1/s1. The zero-order valence-corrected chi connectivity index (χ0v) is 13.8. The second-order valence-electron chi connectivity index (χ2n) is 7.23. The molecule has 4 rings (SSSR count). The fourth-order valence-corrected chi connectivity index (χ4v) is 4.78. The number of fused-ring (bicyclic) bond motifs is 1. The molecule has 0 radical (unpaired) electrons. The Hall–Kier alpha value is -1.55. The van der Waals surface area contributed by atoms with Gasteiger partial charge in [-0.1, -0.05) is 6.42 Å². The molecule has 2 fully saturated rings. The summed E-state index contributed by atoms with van der Waals surface area (Å²) in [5, 5.41) is 0. The molecule has 3 aliphatic rings. The third-order valence-corrected chi connectivity index (χ3v) is 5.94. The lowest BCUT2D eigenvalue weighted by Crippen LogP contribution is -2.49. The van der Waals surface area contributed by atoms with Crippen molar-refractivity contribution in [2.45, 2.75) is 44.6 Å². The van der Waals surface area contributed by atoms with Gasteiger partial charge in [-0.2, -0.15) is 0 Å². The first kappa shape index (κ1) is 15.0. The quantitative estimate of drug-likeness (QED) is 0.842. The smallest absolute Gasteiger partial charge is 0.253 e. The zero-order valence-electron chi connectivity index (χ0n) is 13.8. The Morgan fingerprint density at radius 2 is 2.22 bits per heavy atom. The van der Waals surface area contributed by atoms with E-state index in [4.69, 9.17) is 9.47 Å². The fraction of sp³-hybridized carbons (Fsp3) is 0.632. The van der Waals surface area contributed by atoms with Gasteiger partial charge in [0.15, 0.2) is 0 Å². The summed E-state index contributed by atoms with van der Waals surface area (Å²) in [6.45, 7) is 2.44. The van der Waals surface area contributed by atoms with E-state index < -0.39 is 0 Å². The number of likely N-dealkylation sites (tertiary alicyclic amines) is 1. The highest BCUT2D eigenvalue weighted by atomic mass is 16.5. The lowest BCUT2D eigenvalue weighted by Gasteiger charge is -2.43. The molecule has 4 heteroatoms. The molecule has 0 N–H and O–H groups in total. The Balaban J connectivity index is 1.54. The van der Waals surface area contributed by atoms with E-state index in [1.165, 1.54) is 24.8 Å². The first-order valence-electron chi connectivity index (χ1n) is 8.80. The predicted molar refractivity (Wildman–Crippen MR) is 87.9 cm³/mol. The molecule has 1 spiro atoms. The van der Waals surface area contributed by atoms with Crippen LogP contribution in [-0.2, 0) is 11.2 Å². The summed E-state index contributed by atoms with van der Waals surface area (Å²) in [6, 6.07) is 5.88. The molecule has 1 aliphatic carbocycles. The Morgan fingerprint density at radius 1 is 1.35 bits per heavy atom. The molecule has 124 valence electrons. The molecular formula is C19H25NO3. The summed E-state index contributed by atoms with van der Waals surface area (Å²) < 4.78 is 11.3. The van der Waals surface area contributed by atoms with E-state index in [-0.39, 0.29) is 11.3 Å². The van der Waals surface area contributed by atoms with Gasteiger partial charge < -0.3 is 14.4 Å². The molecule has 1 amide bonds. The number of amides is 1. The molecule has 1 saturated heterocycles. The van der Waals surface area contributed by atoms with Crippen molar-refractivity contribution in [1.82, 2.24) is 4.90 Å². The van der Waals surface area contributed by atoms with Crippen molar-refractivity contribution < 1.29 is 14.3 Å². The van der Waals surface area contributed by atoms with Gasteiger partial charge in [-0.3, -0.25) is 4.79 Å². The first-order chi connectivity index (χ1) is 11.2. The van der Waals surface area contributed by atoms with Crippen LogP contribution in [0.4, 0.5) is 0 Å². The second-order valence-corrected chi connectivity index (χ2v) is 7.23. The Kier molecular flexibility index (Phi) is 3.80. The molecule has 0 aromatic heterocycles. The monoisotopic (exact) mass is 315 g/mol. The lowest BCUT2D eigenvalue weighted by molar-refractivity contribution is -0.0295. The number of carbonyl (C=O) groups is 1. The highest BCUT2D eigenvalue weighted by molar-refractivity contribution is 5.94. The van der Waals surface area contributed by atoms with Gasteiger partial charge in [0.1, 0.15) is 5.75 Å². The number of rotatable bonds is 2. The van der Waals surface area contributed by atoms with Crippen LogP contribution in [0.15, 0.2) is 18.2 Å². The van der Waals surface area contributed by atoms with E-state index in [9.17, 15) is 4.79 Å². The topological polar surface area (TPSA) is 38.8 Å². The summed E-state index contributed by atoms with van der Waals surface area (Å²) in [4.78, 5) is 15.0. The van der Waals surface area contributed by atoms with Gasteiger partial charge >= 0.3 is 0 Å². The van der Waals surface area contributed by atoms with Gasteiger partial charge in [-0.05, 0) is 49.4 Å². The van der Waals surface area contributed by atoms with Crippen LogP contribution in [-0.4, -0.2) is 43.7 Å². The average Bonchev–Trinajstić information content (AvgIpc) is 3.20. The largest absolute Gasteiger partial charge is 0.493 e. The van der Waals surface area contributed by atoms with Gasteiger partial charge in [0.25, 0.3) is 5.91 Å². The molecular weight excluding hydrogens is 290 g/mol. The number of ether oxygens (including phenoxy) is 2. The normalized spacial score (nSPS) is 29.6. The number of methoxy groups -OCH3 is 1.